The fourth-order valence-electron chi connectivity index (χ4n) is 3.67. The Morgan fingerprint density at radius 3 is 2.96 bits per heavy atom. The number of hydrogen-bond donors (Lipinski definition) is 0. The van der Waals surface area contributed by atoms with Gasteiger partial charge in [0, 0.05) is 56.4 Å². The van der Waals surface area contributed by atoms with Crippen molar-refractivity contribution in [3.05, 3.63) is 46.7 Å². The standard InChI is InChI=1S/C18H22N4O2S/c23-18(16-12-25-13-20-16)22-6-3-15-10-21(7-8-24-17(15)11-22)9-14-1-4-19-5-2-14/h1-2,4-5,12-13,15,17H,3,6-11H2/t15-,17-/m0/s1. The third-order valence-electron chi connectivity index (χ3n) is 5.02. The number of nitrogens with zero attached hydrogens (tertiary/aromatic N) is 4. The van der Waals surface area contributed by atoms with Gasteiger partial charge >= 0.3 is 0 Å². The van der Waals surface area contributed by atoms with Gasteiger partial charge in [0.05, 0.1) is 18.2 Å². The first-order valence-electron chi connectivity index (χ1n) is 8.70. The Hall–Kier alpha value is -1.83. The van der Waals surface area contributed by atoms with Gasteiger partial charge in [-0.15, -0.1) is 11.3 Å². The lowest BCUT2D eigenvalue weighted by Gasteiger charge is -2.37. The molecule has 25 heavy (non-hydrogen) atoms. The minimum absolute atomic E-state index is 0.0289. The third-order valence-corrected chi connectivity index (χ3v) is 5.61. The molecule has 0 aromatic carbocycles. The van der Waals surface area contributed by atoms with E-state index in [2.05, 4.69) is 27.0 Å². The van der Waals surface area contributed by atoms with Crippen LogP contribution in [0, 0.1) is 5.92 Å². The number of piperidine rings is 1. The van der Waals surface area contributed by atoms with Crippen molar-refractivity contribution in [2.24, 2.45) is 5.92 Å². The molecule has 6 nitrogen and oxygen atoms in total. The molecular weight excluding hydrogens is 336 g/mol. The van der Waals surface area contributed by atoms with E-state index in [1.54, 1.807) is 5.51 Å². The number of hydrogen-bond acceptors (Lipinski definition) is 6. The summed E-state index contributed by atoms with van der Waals surface area (Å²) in [5, 5.41) is 1.82. The van der Waals surface area contributed by atoms with Crippen molar-refractivity contribution < 1.29 is 9.53 Å². The van der Waals surface area contributed by atoms with E-state index in [1.165, 1.54) is 16.9 Å². The molecule has 1 amide bonds. The zero-order valence-corrected chi connectivity index (χ0v) is 14.9. The van der Waals surface area contributed by atoms with Gasteiger partial charge in [-0.1, -0.05) is 0 Å². The SMILES string of the molecule is O=C(c1cscn1)N1CC[C@H]2CN(Cc3ccncc3)CCO[C@H]2C1. The maximum absolute atomic E-state index is 12.5. The molecule has 2 atom stereocenters. The molecule has 2 aromatic heterocycles. The number of rotatable bonds is 3. The van der Waals surface area contributed by atoms with Crippen LogP contribution in [0.25, 0.3) is 0 Å². The molecule has 4 rings (SSSR count). The molecule has 2 aromatic rings. The Morgan fingerprint density at radius 2 is 2.16 bits per heavy atom. The Labute approximate surface area is 151 Å². The minimum atomic E-state index is 0.0289. The summed E-state index contributed by atoms with van der Waals surface area (Å²) in [4.78, 5) is 25.1. The molecule has 2 aliphatic rings. The van der Waals surface area contributed by atoms with Crippen LogP contribution < -0.4 is 0 Å². The smallest absolute Gasteiger partial charge is 0.273 e. The summed E-state index contributed by atoms with van der Waals surface area (Å²) in [6.07, 6.45) is 4.79. The van der Waals surface area contributed by atoms with E-state index < -0.39 is 0 Å². The normalized spacial score (nSPS) is 24.6. The Balaban J connectivity index is 1.38. The van der Waals surface area contributed by atoms with Crippen molar-refractivity contribution in [2.45, 2.75) is 19.1 Å². The predicted molar refractivity (Wildman–Crippen MR) is 95.4 cm³/mol. The molecule has 0 radical (unpaired) electrons. The Kier molecular flexibility index (Phi) is 5.05. The molecule has 0 saturated carbocycles. The quantitative estimate of drug-likeness (QED) is 0.839. The molecule has 7 heteroatoms. The number of aromatic nitrogens is 2. The van der Waals surface area contributed by atoms with Gasteiger partial charge in [0.25, 0.3) is 5.91 Å². The summed E-state index contributed by atoms with van der Waals surface area (Å²) >= 11 is 1.46. The van der Waals surface area contributed by atoms with E-state index in [0.29, 0.717) is 24.8 Å². The number of carbonyl (C=O) groups excluding carboxylic acids is 1. The highest BCUT2D eigenvalue weighted by atomic mass is 32.1. The van der Waals surface area contributed by atoms with Crippen molar-refractivity contribution >= 4 is 17.2 Å². The first-order valence-corrected chi connectivity index (χ1v) is 9.64. The molecule has 2 saturated heterocycles. The zero-order chi connectivity index (χ0) is 17.1. The van der Waals surface area contributed by atoms with Gasteiger partial charge in [-0.05, 0) is 24.1 Å². The highest BCUT2D eigenvalue weighted by molar-refractivity contribution is 7.07. The molecule has 132 valence electrons. The first-order chi connectivity index (χ1) is 12.3. The van der Waals surface area contributed by atoms with Crippen LogP contribution in [0.4, 0.5) is 0 Å². The first kappa shape index (κ1) is 16.6. The van der Waals surface area contributed by atoms with Crippen LogP contribution in [0.15, 0.2) is 35.4 Å². The Morgan fingerprint density at radius 1 is 1.28 bits per heavy atom. The van der Waals surface area contributed by atoms with Crippen molar-refractivity contribution in [3.63, 3.8) is 0 Å². The number of likely N-dealkylation sites (tertiary alicyclic amines) is 1. The van der Waals surface area contributed by atoms with Crippen LogP contribution in [0.3, 0.4) is 0 Å². The average molecular weight is 358 g/mol. The third kappa shape index (κ3) is 3.89. The van der Waals surface area contributed by atoms with E-state index in [9.17, 15) is 4.79 Å². The molecule has 2 aliphatic heterocycles. The van der Waals surface area contributed by atoms with E-state index in [-0.39, 0.29) is 12.0 Å². The number of fused-ring (bicyclic) bond motifs is 1. The molecule has 0 N–H and O–H groups in total. The van der Waals surface area contributed by atoms with Crippen molar-refractivity contribution in [1.29, 1.82) is 0 Å². The van der Waals surface area contributed by atoms with Crippen molar-refractivity contribution in [1.82, 2.24) is 19.8 Å². The summed E-state index contributed by atoms with van der Waals surface area (Å²) in [5.74, 6) is 0.505. The van der Waals surface area contributed by atoms with Gasteiger partial charge in [-0.2, -0.15) is 0 Å². The van der Waals surface area contributed by atoms with Crippen molar-refractivity contribution in [2.75, 3.05) is 32.8 Å². The van der Waals surface area contributed by atoms with Crippen LogP contribution in [0.5, 0.6) is 0 Å². The monoisotopic (exact) mass is 358 g/mol. The van der Waals surface area contributed by atoms with Gasteiger partial charge in [0.2, 0.25) is 0 Å². The van der Waals surface area contributed by atoms with Crippen LogP contribution in [0.2, 0.25) is 0 Å². The molecule has 0 spiro atoms. The number of carbonyl (C=O) groups is 1. The van der Waals surface area contributed by atoms with Crippen LogP contribution in [0.1, 0.15) is 22.5 Å². The van der Waals surface area contributed by atoms with Gasteiger partial charge in [0.1, 0.15) is 5.69 Å². The lowest BCUT2D eigenvalue weighted by molar-refractivity contribution is -0.0172. The summed E-state index contributed by atoms with van der Waals surface area (Å²) in [7, 11) is 0. The fraction of sp³-hybridized carbons (Fsp3) is 0.500. The highest BCUT2D eigenvalue weighted by Crippen LogP contribution is 2.25. The molecular formula is C18H22N4O2S. The van der Waals surface area contributed by atoms with E-state index in [1.807, 2.05) is 22.7 Å². The lowest BCUT2D eigenvalue weighted by Crippen LogP contribution is -2.49. The summed E-state index contributed by atoms with van der Waals surface area (Å²) in [6, 6.07) is 4.14. The zero-order valence-electron chi connectivity index (χ0n) is 14.1. The van der Waals surface area contributed by atoms with Gasteiger partial charge in [0.15, 0.2) is 0 Å². The predicted octanol–water partition coefficient (Wildman–Crippen LogP) is 1.90. The maximum Gasteiger partial charge on any atom is 0.273 e. The van der Waals surface area contributed by atoms with E-state index >= 15 is 0 Å². The van der Waals surface area contributed by atoms with E-state index in [0.717, 1.165) is 32.6 Å². The molecule has 2 fully saturated rings. The molecule has 0 unspecified atom stereocenters. The summed E-state index contributed by atoms with van der Waals surface area (Å²) < 4.78 is 6.11. The van der Waals surface area contributed by atoms with Crippen LogP contribution in [-0.2, 0) is 11.3 Å². The fourth-order valence-corrected chi connectivity index (χ4v) is 4.20. The van der Waals surface area contributed by atoms with Gasteiger partial charge < -0.3 is 9.64 Å². The van der Waals surface area contributed by atoms with Gasteiger partial charge in [-0.25, -0.2) is 4.98 Å². The topological polar surface area (TPSA) is 58.6 Å². The molecule has 0 bridgehead atoms. The maximum atomic E-state index is 12.5. The number of amides is 1. The second-order valence-electron chi connectivity index (χ2n) is 6.67. The second-order valence-corrected chi connectivity index (χ2v) is 7.39. The largest absolute Gasteiger partial charge is 0.375 e. The van der Waals surface area contributed by atoms with Crippen LogP contribution in [-0.4, -0.2) is 64.6 Å². The minimum Gasteiger partial charge on any atom is -0.375 e. The molecule has 4 heterocycles. The number of thiazole rings is 1. The summed E-state index contributed by atoms with van der Waals surface area (Å²) in [5.41, 5.74) is 3.54. The lowest BCUT2D eigenvalue weighted by atomic mass is 9.93. The van der Waals surface area contributed by atoms with Gasteiger partial charge in [-0.3, -0.25) is 14.7 Å². The van der Waals surface area contributed by atoms with E-state index in [4.69, 9.17) is 4.74 Å². The van der Waals surface area contributed by atoms with Crippen LogP contribution >= 0.6 is 11.3 Å². The Bertz CT molecular complexity index is 694. The average Bonchev–Trinajstić information content (AvgIpc) is 3.10. The molecule has 0 aliphatic carbocycles. The second kappa shape index (κ2) is 7.59. The number of ether oxygens (including phenoxy) is 1. The van der Waals surface area contributed by atoms with Crippen molar-refractivity contribution in [3.8, 4) is 0 Å². The number of pyridine rings is 1. The highest BCUT2D eigenvalue weighted by Gasteiger charge is 2.35. The summed E-state index contributed by atoms with van der Waals surface area (Å²) in [6.45, 7) is 5.04.